The van der Waals surface area contributed by atoms with Crippen LogP contribution >= 0.6 is 23.1 Å². The van der Waals surface area contributed by atoms with Gasteiger partial charge < -0.3 is 10.6 Å². The Bertz CT molecular complexity index is 1080. The second-order valence-corrected chi connectivity index (χ2v) is 8.57. The molecule has 1 aromatic heterocycles. The number of hydrogen-bond donors (Lipinski definition) is 2. The molecule has 0 aliphatic rings. The highest BCUT2D eigenvalue weighted by molar-refractivity contribution is 8.00. The smallest absolute Gasteiger partial charge is 0.270 e. The number of nitrogens with zero attached hydrogens (tertiary/aromatic N) is 2. The monoisotopic (exact) mass is 442 g/mol. The van der Waals surface area contributed by atoms with E-state index < -0.39 is 4.92 Å². The first-order valence-electron chi connectivity index (χ1n) is 8.87. The van der Waals surface area contributed by atoms with Crippen molar-refractivity contribution < 1.29 is 14.5 Å². The standard InChI is InChI=1S/C20H18N4O4S2/c1-12(30-17-8-6-15(7-9-17)21-13(2)25)19(26)23-20-22-18(11-29-20)14-4-3-5-16(10-14)24(27)28/h3-12H,1-2H3,(H,21,25)(H,22,23,26). The van der Waals surface area contributed by atoms with Crippen LogP contribution in [0.1, 0.15) is 13.8 Å². The Morgan fingerprint density at radius 1 is 1.17 bits per heavy atom. The molecule has 1 heterocycles. The second kappa shape index (κ2) is 9.51. The van der Waals surface area contributed by atoms with Crippen LogP contribution in [0.15, 0.2) is 58.8 Å². The summed E-state index contributed by atoms with van der Waals surface area (Å²) in [5.41, 5.74) is 1.86. The van der Waals surface area contributed by atoms with Gasteiger partial charge in [0.15, 0.2) is 5.13 Å². The number of aromatic nitrogens is 1. The molecule has 1 unspecified atom stereocenters. The van der Waals surface area contributed by atoms with Crippen LogP contribution in [0.5, 0.6) is 0 Å². The van der Waals surface area contributed by atoms with Gasteiger partial charge >= 0.3 is 0 Å². The Balaban J connectivity index is 1.61. The van der Waals surface area contributed by atoms with Crippen molar-refractivity contribution in [3.63, 3.8) is 0 Å². The molecule has 30 heavy (non-hydrogen) atoms. The topological polar surface area (TPSA) is 114 Å². The number of carbonyl (C=O) groups excluding carboxylic acids is 2. The third-order valence-corrected chi connectivity index (χ3v) is 5.81. The zero-order valence-electron chi connectivity index (χ0n) is 16.1. The fourth-order valence-corrected chi connectivity index (χ4v) is 4.12. The highest BCUT2D eigenvalue weighted by Gasteiger charge is 2.17. The van der Waals surface area contributed by atoms with Crippen molar-refractivity contribution in [2.75, 3.05) is 10.6 Å². The van der Waals surface area contributed by atoms with Gasteiger partial charge in [0.2, 0.25) is 11.8 Å². The van der Waals surface area contributed by atoms with Gasteiger partial charge in [0.1, 0.15) is 0 Å². The van der Waals surface area contributed by atoms with E-state index in [2.05, 4.69) is 15.6 Å². The molecular formula is C20H18N4O4S2. The zero-order valence-corrected chi connectivity index (χ0v) is 17.8. The van der Waals surface area contributed by atoms with E-state index in [4.69, 9.17) is 0 Å². The van der Waals surface area contributed by atoms with Gasteiger partial charge in [-0.25, -0.2) is 4.98 Å². The van der Waals surface area contributed by atoms with Crippen LogP contribution in [0.3, 0.4) is 0 Å². The minimum absolute atomic E-state index is 0.0133. The molecule has 2 N–H and O–H groups in total. The van der Waals surface area contributed by atoms with Gasteiger partial charge in [0, 0.05) is 40.6 Å². The minimum atomic E-state index is -0.458. The van der Waals surface area contributed by atoms with Gasteiger partial charge in [-0.3, -0.25) is 19.7 Å². The van der Waals surface area contributed by atoms with Crippen LogP contribution < -0.4 is 10.6 Å². The summed E-state index contributed by atoms with van der Waals surface area (Å²) in [7, 11) is 0. The molecule has 1 atom stereocenters. The minimum Gasteiger partial charge on any atom is -0.326 e. The summed E-state index contributed by atoms with van der Waals surface area (Å²) in [6.45, 7) is 3.23. The van der Waals surface area contributed by atoms with Crippen molar-refractivity contribution >= 4 is 51.4 Å². The Morgan fingerprint density at radius 3 is 2.57 bits per heavy atom. The zero-order chi connectivity index (χ0) is 21.7. The molecule has 0 spiro atoms. The molecule has 0 aliphatic carbocycles. The normalized spacial score (nSPS) is 11.5. The number of anilines is 2. The molecule has 0 saturated carbocycles. The number of carbonyl (C=O) groups is 2. The Hall–Kier alpha value is -3.24. The van der Waals surface area contributed by atoms with E-state index in [1.165, 1.54) is 42.2 Å². The summed E-state index contributed by atoms with van der Waals surface area (Å²) >= 11 is 2.64. The Kier molecular flexibility index (Phi) is 6.80. The SMILES string of the molecule is CC(=O)Nc1ccc(SC(C)C(=O)Nc2nc(-c3cccc([N+](=O)[O-])c3)cs2)cc1. The van der Waals surface area contributed by atoms with E-state index in [1.807, 2.05) is 12.1 Å². The van der Waals surface area contributed by atoms with Crippen molar-refractivity contribution in [2.24, 2.45) is 0 Å². The number of thiazole rings is 1. The van der Waals surface area contributed by atoms with Crippen LogP contribution in [0.25, 0.3) is 11.3 Å². The summed E-state index contributed by atoms with van der Waals surface area (Å²) in [5.74, 6) is -0.345. The highest BCUT2D eigenvalue weighted by Crippen LogP contribution is 2.29. The molecule has 2 aromatic carbocycles. The van der Waals surface area contributed by atoms with E-state index in [1.54, 1.807) is 36.6 Å². The molecular weight excluding hydrogens is 424 g/mol. The first-order chi connectivity index (χ1) is 14.3. The molecule has 0 fully saturated rings. The van der Waals surface area contributed by atoms with Gasteiger partial charge in [-0.2, -0.15) is 0 Å². The van der Waals surface area contributed by atoms with Crippen molar-refractivity contribution in [3.8, 4) is 11.3 Å². The lowest BCUT2D eigenvalue weighted by molar-refractivity contribution is -0.384. The number of hydrogen-bond acceptors (Lipinski definition) is 7. The largest absolute Gasteiger partial charge is 0.326 e. The summed E-state index contributed by atoms with van der Waals surface area (Å²) < 4.78 is 0. The number of thioether (sulfide) groups is 1. The predicted molar refractivity (Wildman–Crippen MR) is 119 cm³/mol. The van der Waals surface area contributed by atoms with Gasteiger partial charge in [-0.1, -0.05) is 12.1 Å². The molecule has 0 bridgehead atoms. The number of benzene rings is 2. The fraction of sp³-hybridized carbons (Fsp3) is 0.150. The van der Waals surface area contributed by atoms with Crippen LogP contribution in [-0.4, -0.2) is 27.0 Å². The summed E-state index contributed by atoms with van der Waals surface area (Å²) in [6.07, 6.45) is 0. The molecule has 154 valence electrons. The molecule has 3 aromatic rings. The van der Waals surface area contributed by atoms with Crippen molar-refractivity contribution in [1.82, 2.24) is 4.98 Å². The van der Waals surface area contributed by atoms with E-state index in [9.17, 15) is 19.7 Å². The Labute approximate surface area is 180 Å². The molecule has 0 aliphatic heterocycles. The molecule has 3 rings (SSSR count). The van der Waals surface area contributed by atoms with Gasteiger partial charge in [-0.15, -0.1) is 23.1 Å². The maximum atomic E-state index is 12.5. The number of nitro benzene ring substituents is 1. The van der Waals surface area contributed by atoms with E-state index in [0.717, 1.165) is 4.90 Å². The van der Waals surface area contributed by atoms with Gasteiger partial charge in [0.05, 0.1) is 15.9 Å². The van der Waals surface area contributed by atoms with Crippen LogP contribution in [0.4, 0.5) is 16.5 Å². The summed E-state index contributed by atoms with van der Waals surface area (Å²) in [6, 6.07) is 13.4. The summed E-state index contributed by atoms with van der Waals surface area (Å²) in [4.78, 5) is 39.3. The molecule has 0 saturated heterocycles. The van der Waals surface area contributed by atoms with Crippen LogP contribution in [0.2, 0.25) is 0 Å². The number of nitro groups is 1. The summed E-state index contributed by atoms with van der Waals surface area (Å²) in [5, 5.41) is 18.2. The third kappa shape index (κ3) is 5.65. The fourth-order valence-electron chi connectivity index (χ4n) is 2.53. The lowest BCUT2D eigenvalue weighted by Gasteiger charge is -2.11. The Morgan fingerprint density at radius 2 is 1.90 bits per heavy atom. The third-order valence-electron chi connectivity index (χ3n) is 3.94. The molecule has 0 radical (unpaired) electrons. The molecule has 10 heteroatoms. The van der Waals surface area contributed by atoms with Crippen molar-refractivity contribution in [3.05, 3.63) is 64.0 Å². The maximum Gasteiger partial charge on any atom is 0.270 e. The highest BCUT2D eigenvalue weighted by atomic mass is 32.2. The van der Waals surface area contributed by atoms with E-state index in [-0.39, 0.29) is 22.8 Å². The number of nitrogens with one attached hydrogen (secondary N) is 2. The van der Waals surface area contributed by atoms with Crippen molar-refractivity contribution in [1.29, 1.82) is 0 Å². The lowest BCUT2D eigenvalue weighted by Crippen LogP contribution is -2.22. The second-order valence-electron chi connectivity index (χ2n) is 6.30. The number of rotatable bonds is 7. The number of amides is 2. The van der Waals surface area contributed by atoms with E-state index in [0.29, 0.717) is 22.1 Å². The predicted octanol–water partition coefficient (Wildman–Crippen LogP) is 4.80. The first-order valence-corrected chi connectivity index (χ1v) is 10.6. The first kappa shape index (κ1) is 21.5. The van der Waals surface area contributed by atoms with Crippen molar-refractivity contribution in [2.45, 2.75) is 24.0 Å². The average Bonchev–Trinajstić information content (AvgIpc) is 3.17. The maximum absolute atomic E-state index is 12.5. The quantitative estimate of drug-likeness (QED) is 0.309. The van der Waals surface area contributed by atoms with Crippen LogP contribution in [0, 0.1) is 10.1 Å². The van der Waals surface area contributed by atoms with Crippen LogP contribution in [-0.2, 0) is 9.59 Å². The lowest BCUT2D eigenvalue weighted by atomic mass is 10.1. The van der Waals surface area contributed by atoms with Gasteiger partial charge in [-0.05, 0) is 31.2 Å². The van der Waals surface area contributed by atoms with Gasteiger partial charge in [0.25, 0.3) is 5.69 Å². The number of non-ortho nitro benzene ring substituents is 1. The average molecular weight is 443 g/mol. The van der Waals surface area contributed by atoms with E-state index >= 15 is 0 Å². The molecule has 8 nitrogen and oxygen atoms in total. The molecule has 2 amide bonds.